The number of carbonyl (C=O) groups excluding carboxylic acids is 1. The van der Waals surface area contributed by atoms with E-state index in [-0.39, 0.29) is 36.4 Å². The maximum atomic E-state index is 12.3. The monoisotopic (exact) mass is 373 g/mol. The van der Waals surface area contributed by atoms with Gasteiger partial charge in [0.25, 0.3) is 0 Å². The Morgan fingerprint density at radius 2 is 1.96 bits per heavy atom. The molecular weight excluding hydrogens is 354 g/mol. The lowest BCUT2D eigenvalue weighted by Gasteiger charge is -2.19. The van der Waals surface area contributed by atoms with Crippen molar-refractivity contribution >= 4 is 31.6 Å². The largest absolute Gasteiger partial charge is 0.326 e. The molecule has 1 aliphatic carbocycles. The molecule has 1 fully saturated rings. The third-order valence-corrected chi connectivity index (χ3v) is 6.81. The van der Waals surface area contributed by atoms with E-state index in [2.05, 4.69) is 10.0 Å². The van der Waals surface area contributed by atoms with E-state index >= 15 is 0 Å². The number of nitrogens with zero attached hydrogens (tertiary/aromatic N) is 1. The zero-order valence-electron chi connectivity index (χ0n) is 13.1. The number of rotatable bonds is 7. The normalized spacial score (nSPS) is 17.8. The second-order valence-electron chi connectivity index (χ2n) is 6.05. The van der Waals surface area contributed by atoms with Gasteiger partial charge in [-0.05, 0) is 36.6 Å². The topological polar surface area (TPSA) is 113 Å². The number of sulfonamides is 2. The molecule has 0 saturated heterocycles. The molecule has 0 aromatic heterocycles. The predicted molar refractivity (Wildman–Crippen MR) is 88.5 cm³/mol. The highest BCUT2D eigenvalue weighted by molar-refractivity contribution is 7.89. The number of nitrogens with one attached hydrogen (secondary N) is 2. The number of fused-ring (bicyclic) bond motifs is 1. The Balaban J connectivity index is 1.66. The molecule has 1 aromatic rings. The van der Waals surface area contributed by atoms with E-state index in [1.807, 2.05) is 0 Å². The van der Waals surface area contributed by atoms with Crippen LogP contribution in [-0.2, 0) is 31.3 Å². The molecular formula is C14H19N3O5S2. The second-order valence-corrected chi connectivity index (χ2v) is 9.75. The van der Waals surface area contributed by atoms with Crippen molar-refractivity contribution in [2.24, 2.45) is 0 Å². The predicted octanol–water partition coefficient (Wildman–Crippen LogP) is -0.116. The molecule has 1 amide bonds. The van der Waals surface area contributed by atoms with Crippen LogP contribution in [0.2, 0.25) is 0 Å². The van der Waals surface area contributed by atoms with Gasteiger partial charge in [0.15, 0.2) is 0 Å². The van der Waals surface area contributed by atoms with E-state index in [0.29, 0.717) is 11.3 Å². The van der Waals surface area contributed by atoms with E-state index in [0.717, 1.165) is 19.1 Å². The summed E-state index contributed by atoms with van der Waals surface area (Å²) in [6, 6.07) is 4.43. The highest BCUT2D eigenvalue weighted by Gasteiger charge is 2.34. The van der Waals surface area contributed by atoms with Crippen LogP contribution in [0, 0.1) is 0 Å². The number of amides is 1. The summed E-state index contributed by atoms with van der Waals surface area (Å²) in [6.07, 6.45) is 2.91. The number of carbonyl (C=O) groups is 1. The molecule has 2 aliphatic rings. The zero-order chi connectivity index (χ0) is 17.5. The lowest BCUT2D eigenvalue weighted by atomic mass is 10.2. The molecule has 10 heteroatoms. The molecule has 1 aliphatic heterocycles. The molecule has 0 atom stereocenters. The van der Waals surface area contributed by atoms with E-state index in [1.165, 1.54) is 16.4 Å². The van der Waals surface area contributed by atoms with E-state index in [9.17, 15) is 21.6 Å². The van der Waals surface area contributed by atoms with Gasteiger partial charge in [-0.3, -0.25) is 4.79 Å². The van der Waals surface area contributed by atoms with Crippen LogP contribution >= 0.6 is 0 Å². The highest BCUT2D eigenvalue weighted by atomic mass is 32.2. The van der Waals surface area contributed by atoms with Crippen molar-refractivity contribution < 1.29 is 21.6 Å². The quantitative estimate of drug-likeness (QED) is 0.692. The first-order chi connectivity index (χ1) is 11.2. The average Bonchev–Trinajstić information content (AvgIpc) is 3.22. The lowest BCUT2D eigenvalue weighted by Crippen LogP contribution is -2.39. The summed E-state index contributed by atoms with van der Waals surface area (Å²) >= 11 is 0. The molecule has 1 aromatic carbocycles. The molecule has 8 nitrogen and oxygen atoms in total. The molecule has 24 heavy (non-hydrogen) atoms. The summed E-state index contributed by atoms with van der Waals surface area (Å²) < 4.78 is 51.9. The van der Waals surface area contributed by atoms with Crippen molar-refractivity contribution in [1.29, 1.82) is 0 Å². The number of hydrogen-bond acceptors (Lipinski definition) is 5. The van der Waals surface area contributed by atoms with Gasteiger partial charge >= 0.3 is 0 Å². The minimum absolute atomic E-state index is 0.000167. The minimum Gasteiger partial charge on any atom is -0.326 e. The van der Waals surface area contributed by atoms with Crippen LogP contribution in [0.4, 0.5) is 5.69 Å². The summed E-state index contributed by atoms with van der Waals surface area (Å²) in [6.45, 7) is 0.105. The van der Waals surface area contributed by atoms with Crippen molar-refractivity contribution in [3.8, 4) is 0 Å². The van der Waals surface area contributed by atoms with Gasteiger partial charge in [-0.25, -0.2) is 21.6 Å². The standard InChI is InChI=1S/C14H19N3O5S2/c1-23(19,20)17(11-2-3-11)7-6-15-24(21,22)12-4-5-13-10(8-12)9-14(18)16-13/h4-5,8,11,15H,2-3,6-7,9H2,1H3,(H,16,18). The van der Waals surface area contributed by atoms with Crippen LogP contribution in [-0.4, -0.2) is 52.4 Å². The number of anilines is 1. The summed E-state index contributed by atoms with van der Waals surface area (Å²) in [4.78, 5) is 11.4. The highest BCUT2D eigenvalue weighted by Crippen LogP contribution is 2.28. The average molecular weight is 373 g/mol. The Bertz CT molecular complexity index is 876. The lowest BCUT2D eigenvalue weighted by molar-refractivity contribution is -0.115. The first-order valence-corrected chi connectivity index (χ1v) is 10.9. The first kappa shape index (κ1) is 17.3. The Kier molecular flexibility index (Phi) is 4.41. The van der Waals surface area contributed by atoms with Crippen molar-refractivity contribution in [3.05, 3.63) is 23.8 Å². The maximum Gasteiger partial charge on any atom is 0.240 e. The van der Waals surface area contributed by atoms with Crippen LogP contribution in [0.1, 0.15) is 18.4 Å². The Labute approximate surface area is 141 Å². The third-order valence-electron chi connectivity index (χ3n) is 4.02. The van der Waals surface area contributed by atoms with Gasteiger partial charge in [0.05, 0.1) is 17.6 Å². The van der Waals surface area contributed by atoms with Crippen LogP contribution in [0.5, 0.6) is 0 Å². The van der Waals surface area contributed by atoms with E-state index < -0.39 is 20.0 Å². The summed E-state index contributed by atoms with van der Waals surface area (Å²) in [7, 11) is -7.10. The fourth-order valence-electron chi connectivity index (χ4n) is 2.73. The Morgan fingerprint density at radius 1 is 1.25 bits per heavy atom. The van der Waals surface area contributed by atoms with Gasteiger partial charge in [0.1, 0.15) is 0 Å². The summed E-state index contributed by atoms with van der Waals surface area (Å²) in [5.41, 5.74) is 1.26. The van der Waals surface area contributed by atoms with Crippen LogP contribution in [0.25, 0.3) is 0 Å². The van der Waals surface area contributed by atoms with Gasteiger partial charge in [-0.15, -0.1) is 0 Å². The second kappa shape index (κ2) is 6.10. The summed E-state index contributed by atoms with van der Waals surface area (Å²) in [5, 5.41) is 2.64. The smallest absolute Gasteiger partial charge is 0.240 e. The van der Waals surface area contributed by atoms with Crippen LogP contribution in [0.15, 0.2) is 23.1 Å². The molecule has 132 valence electrons. The first-order valence-electron chi connectivity index (χ1n) is 7.56. The van der Waals surface area contributed by atoms with Gasteiger partial charge in [0, 0.05) is 24.8 Å². The van der Waals surface area contributed by atoms with Crippen molar-refractivity contribution in [3.63, 3.8) is 0 Å². The van der Waals surface area contributed by atoms with Crippen LogP contribution < -0.4 is 10.0 Å². The summed E-state index contributed by atoms with van der Waals surface area (Å²) in [5.74, 6) is -0.166. The van der Waals surface area contributed by atoms with Gasteiger partial charge < -0.3 is 5.32 Å². The van der Waals surface area contributed by atoms with Crippen molar-refractivity contribution in [2.45, 2.75) is 30.2 Å². The van der Waals surface area contributed by atoms with Crippen molar-refractivity contribution in [1.82, 2.24) is 9.03 Å². The molecule has 0 bridgehead atoms. The Morgan fingerprint density at radius 3 is 2.58 bits per heavy atom. The molecule has 1 heterocycles. The van der Waals surface area contributed by atoms with E-state index in [1.54, 1.807) is 6.07 Å². The SMILES string of the molecule is CS(=O)(=O)N(CCNS(=O)(=O)c1ccc2c(c1)CC(=O)N2)C1CC1. The van der Waals surface area contributed by atoms with Gasteiger partial charge in [-0.2, -0.15) is 4.31 Å². The molecule has 0 radical (unpaired) electrons. The minimum atomic E-state index is -3.76. The van der Waals surface area contributed by atoms with Gasteiger partial charge in [0.2, 0.25) is 26.0 Å². The number of benzene rings is 1. The van der Waals surface area contributed by atoms with Crippen LogP contribution in [0.3, 0.4) is 0 Å². The van der Waals surface area contributed by atoms with Gasteiger partial charge in [-0.1, -0.05) is 0 Å². The zero-order valence-corrected chi connectivity index (χ0v) is 14.8. The Hall–Kier alpha value is -1.49. The molecule has 2 N–H and O–H groups in total. The fourth-order valence-corrected chi connectivity index (χ4v) is 4.97. The maximum absolute atomic E-state index is 12.3. The molecule has 3 rings (SSSR count). The van der Waals surface area contributed by atoms with Crippen molar-refractivity contribution in [2.75, 3.05) is 24.7 Å². The fraction of sp³-hybridized carbons (Fsp3) is 0.500. The number of hydrogen-bond donors (Lipinski definition) is 2. The molecule has 0 spiro atoms. The van der Waals surface area contributed by atoms with E-state index in [4.69, 9.17) is 0 Å². The third kappa shape index (κ3) is 3.77. The molecule has 1 saturated carbocycles. The molecule has 0 unspecified atom stereocenters.